The first-order valence-electron chi connectivity index (χ1n) is 6.29. The van der Waals surface area contributed by atoms with Crippen molar-refractivity contribution in [2.75, 3.05) is 40.5 Å². The average molecular weight is 251 g/mol. The van der Waals surface area contributed by atoms with Crippen molar-refractivity contribution in [1.82, 2.24) is 5.32 Å². The topological polar surface area (TPSA) is 39.7 Å². The predicted octanol–water partition coefficient (Wildman–Crippen LogP) is 1.68. The van der Waals surface area contributed by atoms with Gasteiger partial charge in [-0.2, -0.15) is 0 Å². The number of hydrogen-bond acceptors (Lipinski definition) is 4. The van der Waals surface area contributed by atoms with Gasteiger partial charge in [0.25, 0.3) is 0 Å². The SMILES string of the molecule is COCC(OC)c1cccc(C2CNCCO2)c1. The van der Waals surface area contributed by atoms with Crippen LogP contribution < -0.4 is 5.32 Å². The van der Waals surface area contributed by atoms with E-state index in [0.29, 0.717) is 6.61 Å². The Morgan fingerprint density at radius 1 is 1.44 bits per heavy atom. The van der Waals surface area contributed by atoms with Gasteiger partial charge in [-0.05, 0) is 11.1 Å². The first-order chi connectivity index (χ1) is 8.85. The summed E-state index contributed by atoms with van der Waals surface area (Å²) in [4.78, 5) is 0. The molecule has 1 aromatic rings. The molecule has 4 nitrogen and oxygen atoms in total. The molecule has 0 saturated carbocycles. The highest BCUT2D eigenvalue weighted by Gasteiger charge is 2.17. The van der Waals surface area contributed by atoms with E-state index in [-0.39, 0.29) is 12.2 Å². The molecule has 1 aliphatic rings. The predicted molar refractivity (Wildman–Crippen MR) is 69.6 cm³/mol. The van der Waals surface area contributed by atoms with Gasteiger partial charge in [-0.1, -0.05) is 24.3 Å². The molecule has 0 spiro atoms. The molecule has 1 aliphatic heterocycles. The molecule has 18 heavy (non-hydrogen) atoms. The zero-order valence-electron chi connectivity index (χ0n) is 11.0. The zero-order chi connectivity index (χ0) is 12.8. The van der Waals surface area contributed by atoms with Crippen molar-refractivity contribution in [2.45, 2.75) is 12.2 Å². The molecule has 1 saturated heterocycles. The fourth-order valence-electron chi connectivity index (χ4n) is 2.19. The van der Waals surface area contributed by atoms with Gasteiger partial charge in [-0.15, -0.1) is 0 Å². The van der Waals surface area contributed by atoms with Crippen molar-refractivity contribution in [3.8, 4) is 0 Å². The first-order valence-corrected chi connectivity index (χ1v) is 6.29. The molecule has 2 rings (SSSR count). The molecule has 1 N–H and O–H groups in total. The van der Waals surface area contributed by atoms with Gasteiger partial charge in [0.1, 0.15) is 6.10 Å². The minimum absolute atomic E-state index is 0.0218. The van der Waals surface area contributed by atoms with Crippen LogP contribution in [0.2, 0.25) is 0 Å². The molecule has 1 heterocycles. The van der Waals surface area contributed by atoms with Crippen LogP contribution in [0.15, 0.2) is 24.3 Å². The Balaban J connectivity index is 2.12. The zero-order valence-corrected chi connectivity index (χ0v) is 11.0. The molecule has 4 heteroatoms. The Labute approximate surface area is 108 Å². The van der Waals surface area contributed by atoms with E-state index in [1.54, 1.807) is 14.2 Å². The molecule has 100 valence electrons. The second-order valence-electron chi connectivity index (χ2n) is 4.41. The van der Waals surface area contributed by atoms with Gasteiger partial charge in [0.15, 0.2) is 0 Å². The fraction of sp³-hybridized carbons (Fsp3) is 0.571. The maximum absolute atomic E-state index is 5.76. The van der Waals surface area contributed by atoms with E-state index < -0.39 is 0 Å². The summed E-state index contributed by atoms with van der Waals surface area (Å²) in [6.45, 7) is 3.12. The molecule has 0 bridgehead atoms. The lowest BCUT2D eigenvalue weighted by Gasteiger charge is -2.25. The summed E-state index contributed by atoms with van der Waals surface area (Å²) in [6.07, 6.45) is 0.116. The second kappa shape index (κ2) is 6.85. The quantitative estimate of drug-likeness (QED) is 0.864. The van der Waals surface area contributed by atoms with Crippen molar-refractivity contribution in [2.24, 2.45) is 0 Å². The first kappa shape index (κ1) is 13.5. The lowest BCUT2D eigenvalue weighted by molar-refractivity contribution is 0.0234. The molecule has 0 aromatic heterocycles. The summed E-state index contributed by atoms with van der Waals surface area (Å²) < 4.78 is 16.4. The molecule has 1 aromatic carbocycles. The van der Waals surface area contributed by atoms with Crippen LogP contribution in [0, 0.1) is 0 Å². The normalized spacial score (nSPS) is 21.8. The minimum atomic E-state index is -0.0218. The van der Waals surface area contributed by atoms with Gasteiger partial charge < -0.3 is 19.5 Å². The van der Waals surface area contributed by atoms with Crippen LogP contribution >= 0.6 is 0 Å². The molecule has 2 unspecified atom stereocenters. The van der Waals surface area contributed by atoms with E-state index in [9.17, 15) is 0 Å². The maximum Gasteiger partial charge on any atom is 0.105 e. The van der Waals surface area contributed by atoms with Crippen molar-refractivity contribution in [3.05, 3.63) is 35.4 Å². The van der Waals surface area contributed by atoms with Gasteiger partial charge >= 0.3 is 0 Å². The number of hydrogen-bond donors (Lipinski definition) is 1. The Kier molecular flexibility index (Phi) is 5.13. The van der Waals surface area contributed by atoms with Crippen molar-refractivity contribution in [3.63, 3.8) is 0 Å². The van der Waals surface area contributed by atoms with E-state index >= 15 is 0 Å². The summed E-state index contributed by atoms with van der Waals surface area (Å²) in [5.41, 5.74) is 2.32. The lowest BCUT2D eigenvalue weighted by atomic mass is 10.0. The number of methoxy groups -OCH3 is 2. The number of ether oxygens (including phenoxy) is 3. The highest BCUT2D eigenvalue weighted by atomic mass is 16.5. The Morgan fingerprint density at radius 2 is 2.33 bits per heavy atom. The van der Waals surface area contributed by atoms with Gasteiger partial charge in [-0.25, -0.2) is 0 Å². The minimum Gasteiger partial charge on any atom is -0.382 e. The third-order valence-electron chi connectivity index (χ3n) is 3.18. The van der Waals surface area contributed by atoms with Crippen LogP contribution in [0.3, 0.4) is 0 Å². The van der Waals surface area contributed by atoms with Gasteiger partial charge in [0.05, 0.1) is 19.3 Å². The molecule has 1 fully saturated rings. The van der Waals surface area contributed by atoms with Crippen molar-refractivity contribution >= 4 is 0 Å². The summed E-state index contributed by atoms with van der Waals surface area (Å²) in [5, 5.41) is 3.34. The molecule has 0 aliphatic carbocycles. The summed E-state index contributed by atoms with van der Waals surface area (Å²) in [5.74, 6) is 0. The van der Waals surface area contributed by atoms with Crippen LogP contribution in [0.1, 0.15) is 23.3 Å². The number of nitrogens with one attached hydrogen (secondary N) is 1. The summed E-state index contributed by atoms with van der Waals surface area (Å²) >= 11 is 0. The van der Waals surface area contributed by atoms with Crippen molar-refractivity contribution < 1.29 is 14.2 Å². The maximum atomic E-state index is 5.76. The van der Waals surface area contributed by atoms with E-state index in [1.807, 2.05) is 6.07 Å². The molecular formula is C14H21NO3. The van der Waals surface area contributed by atoms with E-state index in [1.165, 1.54) is 5.56 Å². The molecule has 0 radical (unpaired) electrons. The number of rotatable bonds is 5. The van der Waals surface area contributed by atoms with Gasteiger partial charge in [0, 0.05) is 27.3 Å². The Morgan fingerprint density at radius 3 is 3.00 bits per heavy atom. The third-order valence-corrected chi connectivity index (χ3v) is 3.18. The van der Waals surface area contributed by atoms with E-state index in [2.05, 4.69) is 23.5 Å². The van der Waals surface area contributed by atoms with E-state index in [0.717, 1.165) is 25.3 Å². The third kappa shape index (κ3) is 3.29. The van der Waals surface area contributed by atoms with E-state index in [4.69, 9.17) is 14.2 Å². The van der Waals surface area contributed by atoms with Crippen LogP contribution in [0.4, 0.5) is 0 Å². The largest absolute Gasteiger partial charge is 0.382 e. The van der Waals surface area contributed by atoms with Gasteiger partial charge in [0.2, 0.25) is 0 Å². The smallest absolute Gasteiger partial charge is 0.105 e. The fourth-order valence-corrected chi connectivity index (χ4v) is 2.19. The number of morpholine rings is 1. The molecule has 2 atom stereocenters. The highest BCUT2D eigenvalue weighted by molar-refractivity contribution is 5.27. The van der Waals surface area contributed by atoms with Crippen LogP contribution in [0.25, 0.3) is 0 Å². The summed E-state index contributed by atoms with van der Waals surface area (Å²) in [6, 6.07) is 8.35. The van der Waals surface area contributed by atoms with Crippen LogP contribution in [-0.2, 0) is 14.2 Å². The monoisotopic (exact) mass is 251 g/mol. The summed E-state index contributed by atoms with van der Waals surface area (Å²) in [7, 11) is 3.39. The van der Waals surface area contributed by atoms with Crippen molar-refractivity contribution in [1.29, 1.82) is 0 Å². The second-order valence-corrected chi connectivity index (χ2v) is 4.41. The van der Waals surface area contributed by atoms with Crippen LogP contribution in [0.5, 0.6) is 0 Å². The highest BCUT2D eigenvalue weighted by Crippen LogP contribution is 2.24. The Hall–Kier alpha value is -0.940. The number of benzene rings is 1. The molecular weight excluding hydrogens is 230 g/mol. The molecule has 0 amide bonds. The average Bonchev–Trinajstić information content (AvgIpc) is 2.46. The van der Waals surface area contributed by atoms with Gasteiger partial charge in [-0.3, -0.25) is 0 Å². The standard InChI is InChI=1S/C14H21NO3/c1-16-10-14(17-2)12-5-3-4-11(8-12)13-9-15-6-7-18-13/h3-5,8,13-15H,6-7,9-10H2,1-2H3. The van der Waals surface area contributed by atoms with Crippen LogP contribution in [-0.4, -0.2) is 40.5 Å². The lowest BCUT2D eigenvalue weighted by Crippen LogP contribution is -2.33. The Bertz CT molecular complexity index is 344.